The average Bonchev–Trinajstić information content (AvgIpc) is 3.37. The Morgan fingerprint density at radius 2 is 2.05 bits per heavy atom. The molecule has 0 unspecified atom stereocenters. The first kappa shape index (κ1) is 12.4. The number of aromatic nitrogens is 1. The molecule has 3 nitrogen and oxygen atoms in total. The molecular weight excluding hydrogens is 248 g/mol. The van der Waals surface area contributed by atoms with Crippen LogP contribution in [0.1, 0.15) is 31.2 Å². The minimum Gasteiger partial charge on any atom is -0.360 e. The van der Waals surface area contributed by atoms with Crippen LogP contribution in [0.3, 0.4) is 0 Å². The Labute approximate surface area is 119 Å². The van der Waals surface area contributed by atoms with E-state index in [1.165, 1.54) is 42.1 Å². The zero-order valence-corrected chi connectivity index (χ0v) is 11.8. The van der Waals surface area contributed by atoms with Gasteiger partial charge in [-0.2, -0.15) is 0 Å². The number of hydrogen-bond acceptors (Lipinski definition) is 2. The summed E-state index contributed by atoms with van der Waals surface area (Å²) in [7, 11) is 0. The van der Waals surface area contributed by atoms with Gasteiger partial charge in [-0.15, -0.1) is 0 Å². The van der Waals surface area contributed by atoms with Crippen molar-refractivity contribution in [3.8, 4) is 0 Å². The predicted octanol–water partition coefficient (Wildman–Crippen LogP) is 3.28. The van der Waals surface area contributed by atoms with E-state index in [1.807, 2.05) is 0 Å². The van der Waals surface area contributed by atoms with Gasteiger partial charge >= 0.3 is 0 Å². The van der Waals surface area contributed by atoms with Crippen molar-refractivity contribution in [3.05, 3.63) is 36.0 Å². The fourth-order valence-corrected chi connectivity index (χ4v) is 2.70. The molecule has 0 amide bonds. The van der Waals surface area contributed by atoms with Gasteiger partial charge in [-0.1, -0.05) is 12.1 Å². The van der Waals surface area contributed by atoms with Crippen LogP contribution in [0, 0.1) is 5.92 Å². The van der Waals surface area contributed by atoms with Crippen LogP contribution in [0.15, 0.2) is 30.5 Å². The van der Waals surface area contributed by atoms with Crippen molar-refractivity contribution < 1.29 is 4.74 Å². The second-order valence-electron chi connectivity index (χ2n) is 6.23. The highest BCUT2D eigenvalue weighted by atomic mass is 16.5. The molecule has 106 valence electrons. The van der Waals surface area contributed by atoms with Crippen LogP contribution in [-0.4, -0.2) is 17.2 Å². The summed E-state index contributed by atoms with van der Waals surface area (Å²) in [5.74, 6) is 0.829. The van der Waals surface area contributed by atoms with Crippen molar-refractivity contribution in [1.29, 1.82) is 0 Å². The van der Waals surface area contributed by atoms with Gasteiger partial charge in [0, 0.05) is 24.2 Å². The summed E-state index contributed by atoms with van der Waals surface area (Å²) >= 11 is 0. The zero-order valence-electron chi connectivity index (χ0n) is 11.8. The van der Waals surface area contributed by atoms with Crippen LogP contribution in [0.4, 0.5) is 0 Å². The third-order valence-electron chi connectivity index (χ3n) is 4.34. The highest BCUT2D eigenvalue weighted by Gasteiger charge is 2.21. The van der Waals surface area contributed by atoms with Gasteiger partial charge in [-0.25, -0.2) is 0 Å². The molecule has 0 radical (unpaired) electrons. The first-order chi connectivity index (χ1) is 9.90. The largest absolute Gasteiger partial charge is 0.360 e. The van der Waals surface area contributed by atoms with Gasteiger partial charge in [-0.3, -0.25) is 0 Å². The van der Waals surface area contributed by atoms with Gasteiger partial charge in [0.05, 0.1) is 12.1 Å². The van der Waals surface area contributed by atoms with Crippen LogP contribution in [0.5, 0.6) is 0 Å². The van der Waals surface area contributed by atoms with Gasteiger partial charge in [0.1, 0.15) is 6.73 Å². The normalized spacial score (nSPS) is 18.8. The van der Waals surface area contributed by atoms with Crippen LogP contribution in [0.2, 0.25) is 0 Å². The van der Waals surface area contributed by atoms with E-state index >= 15 is 0 Å². The maximum Gasteiger partial charge on any atom is 0.122 e. The van der Waals surface area contributed by atoms with E-state index in [1.54, 1.807) is 0 Å². The molecule has 1 N–H and O–H groups in total. The SMILES string of the molecule is c1cc(CNC2CC2)c2ccn(COCC3CC3)c2c1. The van der Waals surface area contributed by atoms with Gasteiger partial charge < -0.3 is 14.6 Å². The van der Waals surface area contributed by atoms with E-state index in [0.717, 1.165) is 25.1 Å². The maximum absolute atomic E-state index is 5.81. The Balaban J connectivity index is 1.48. The summed E-state index contributed by atoms with van der Waals surface area (Å²) in [5, 5.41) is 4.96. The lowest BCUT2D eigenvalue weighted by Gasteiger charge is -2.08. The lowest BCUT2D eigenvalue weighted by Crippen LogP contribution is -2.15. The minimum atomic E-state index is 0.680. The number of benzene rings is 1. The van der Waals surface area contributed by atoms with Crippen molar-refractivity contribution in [3.63, 3.8) is 0 Å². The molecule has 1 heterocycles. The summed E-state index contributed by atoms with van der Waals surface area (Å²) in [5.41, 5.74) is 2.69. The molecule has 3 heteroatoms. The molecule has 1 aromatic heterocycles. The standard InChI is InChI=1S/C17H22N2O/c1-2-14(10-18-15-6-7-15)16-8-9-19(17(16)3-1)12-20-11-13-4-5-13/h1-3,8-9,13,15,18H,4-7,10-12H2. The van der Waals surface area contributed by atoms with Crippen molar-refractivity contribution in [2.45, 2.75) is 45.0 Å². The number of fused-ring (bicyclic) bond motifs is 1. The fraction of sp³-hybridized carbons (Fsp3) is 0.529. The molecule has 20 heavy (non-hydrogen) atoms. The van der Waals surface area contributed by atoms with E-state index in [4.69, 9.17) is 4.74 Å². The molecule has 1 aromatic carbocycles. The third-order valence-corrected chi connectivity index (χ3v) is 4.34. The summed E-state index contributed by atoms with van der Waals surface area (Å²) in [4.78, 5) is 0. The quantitative estimate of drug-likeness (QED) is 0.835. The van der Waals surface area contributed by atoms with Gasteiger partial charge in [-0.05, 0) is 49.3 Å². The third kappa shape index (κ3) is 2.74. The van der Waals surface area contributed by atoms with Crippen LogP contribution in [0.25, 0.3) is 10.9 Å². The maximum atomic E-state index is 5.81. The molecule has 2 aromatic rings. The predicted molar refractivity (Wildman–Crippen MR) is 80.5 cm³/mol. The Bertz CT molecular complexity index is 596. The van der Waals surface area contributed by atoms with Crippen molar-refractivity contribution in [2.24, 2.45) is 5.92 Å². The van der Waals surface area contributed by atoms with Crippen molar-refractivity contribution in [2.75, 3.05) is 6.61 Å². The number of nitrogens with one attached hydrogen (secondary N) is 1. The minimum absolute atomic E-state index is 0.680. The van der Waals surface area contributed by atoms with Crippen molar-refractivity contribution in [1.82, 2.24) is 9.88 Å². The van der Waals surface area contributed by atoms with Crippen molar-refractivity contribution >= 4 is 10.9 Å². The topological polar surface area (TPSA) is 26.2 Å². The van der Waals surface area contributed by atoms with Crippen LogP contribution >= 0.6 is 0 Å². The van der Waals surface area contributed by atoms with E-state index in [0.29, 0.717) is 6.73 Å². The molecule has 0 bridgehead atoms. The summed E-state index contributed by atoms with van der Waals surface area (Å²) in [6, 6.07) is 9.56. The van der Waals surface area contributed by atoms with E-state index in [-0.39, 0.29) is 0 Å². The molecular formula is C17H22N2O. The lowest BCUT2D eigenvalue weighted by atomic mass is 10.1. The molecule has 0 aliphatic heterocycles. The van der Waals surface area contributed by atoms with E-state index in [9.17, 15) is 0 Å². The molecule has 2 saturated carbocycles. The first-order valence-corrected chi connectivity index (χ1v) is 7.78. The van der Waals surface area contributed by atoms with E-state index < -0.39 is 0 Å². The molecule has 0 saturated heterocycles. The highest BCUT2D eigenvalue weighted by Crippen LogP contribution is 2.29. The van der Waals surface area contributed by atoms with Gasteiger partial charge in [0.2, 0.25) is 0 Å². The van der Waals surface area contributed by atoms with Gasteiger partial charge in [0.25, 0.3) is 0 Å². The number of ether oxygens (including phenoxy) is 1. The Morgan fingerprint density at radius 3 is 2.85 bits per heavy atom. The summed E-state index contributed by atoms with van der Waals surface area (Å²) < 4.78 is 8.03. The number of rotatable bonds is 7. The lowest BCUT2D eigenvalue weighted by molar-refractivity contribution is 0.0718. The smallest absolute Gasteiger partial charge is 0.122 e. The zero-order chi connectivity index (χ0) is 13.4. The molecule has 0 spiro atoms. The van der Waals surface area contributed by atoms with Crippen LogP contribution < -0.4 is 5.32 Å². The summed E-state index contributed by atoms with van der Waals surface area (Å²) in [6.07, 6.45) is 7.53. The molecule has 0 atom stereocenters. The second-order valence-corrected chi connectivity index (χ2v) is 6.23. The second kappa shape index (κ2) is 5.23. The molecule has 2 fully saturated rings. The van der Waals surface area contributed by atoms with E-state index in [2.05, 4.69) is 40.3 Å². The fourth-order valence-electron chi connectivity index (χ4n) is 2.70. The molecule has 2 aliphatic carbocycles. The average molecular weight is 270 g/mol. The molecule has 4 rings (SSSR count). The Hall–Kier alpha value is -1.32. The monoisotopic (exact) mass is 270 g/mol. The Morgan fingerprint density at radius 1 is 1.15 bits per heavy atom. The summed E-state index contributed by atoms with van der Waals surface area (Å²) in [6.45, 7) is 2.58. The molecule has 2 aliphatic rings. The Kier molecular flexibility index (Phi) is 3.25. The first-order valence-electron chi connectivity index (χ1n) is 7.78. The number of hydrogen-bond donors (Lipinski definition) is 1. The highest BCUT2D eigenvalue weighted by molar-refractivity contribution is 5.83. The van der Waals surface area contributed by atoms with Gasteiger partial charge in [0.15, 0.2) is 0 Å². The number of nitrogens with zero attached hydrogens (tertiary/aromatic N) is 1. The van der Waals surface area contributed by atoms with Crippen LogP contribution in [-0.2, 0) is 18.0 Å².